The molecule has 5 unspecified atom stereocenters. The van der Waals surface area contributed by atoms with Crippen molar-refractivity contribution in [2.24, 2.45) is 11.7 Å². The maximum absolute atomic E-state index is 13.6. The largest absolute Gasteiger partial charge is 0.469 e. The predicted molar refractivity (Wildman–Crippen MR) is 186 cm³/mol. The molecule has 0 radical (unpaired) electrons. The minimum atomic E-state index is -1.11. The third-order valence-electron chi connectivity index (χ3n) is 10.6. The van der Waals surface area contributed by atoms with Gasteiger partial charge in [0, 0.05) is 38.3 Å². The van der Waals surface area contributed by atoms with Gasteiger partial charge in [0.15, 0.2) is 28.6 Å². The number of nitrogens with two attached hydrogens (primary N) is 1. The van der Waals surface area contributed by atoms with Crippen molar-refractivity contribution >= 4 is 57.3 Å². The van der Waals surface area contributed by atoms with Gasteiger partial charge in [0.25, 0.3) is 5.89 Å². The van der Waals surface area contributed by atoms with Crippen LogP contribution in [0.15, 0.2) is 57.4 Å². The van der Waals surface area contributed by atoms with E-state index >= 15 is 0 Å². The second-order valence-corrected chi connectivity index (χ2v) is 14.4. The molecule has 0 aliphatic carbocycles. The Kier molecular flexibility index (Phi) is 6.03. The SMILES string of the molecule is CCC(C)C1NC(=O)C(N)Cc2ccc3c(c2)C24c5cc(Cl)c(cc5NC2O3)-c2cccc3[nH]c(Cl)c(c23)-c2oc(nc2Cl)-c2nc1oc24. The van der Waals surface area contributed by atoms with E-state index in [0.29, 0.717) is 39.4 Å². The highest BCUT2D eigenvalue weighted by Crippen LogP contribution is 2.61. The van der Waals surface area contributed by atoms with Gasteiger partial charge in [-0.1, -0.05) is 79.3 Å². The van der Waals surface area contributed by atoms with E-state index in [4.69, 9.17) is 64.1 Å². The highest BCUT2D eigenvalue weighted by atomic mass is 35.5. The van der Waals surface area contributed by atoms with Crippen LogP contribution in [0.2, 0.25) is 15.3 Å². The summed E-state index contributed by atoms with van der Waals surface area (Å²) in [5.74, 6) is 1.36. The summed E-state index contributed by atoms with van der Waals surface area (Å²) in [7, 11) is 0. The fourth-order valence-electron chi connectivity index (χ4n) is 8.01. The van der Waals surface area contributed by atoms with E-state index in [0.717, 1.165) is 50.8 Å². The lowest BCUT2D eigenvalue weighted by Gasteiger charge is -2.28. The number of aromatic amines is 1. The second kappa shape index (κ2) is 10.0. The molecule has 13 heteroatoms. The van der Waals surface area contributed by atoms with E-state index in [1.54, 1.807) is 0 Å². The van der Waals surface area contributed by atoms with E-state index in [1.165, 1.54) is 0 Å². The number of nitrogens with one attached hydrogen (secondary N) is 3. The Morgan fingerprint density at radius 3 is 2.73 bits per heavy atom. The average molecular weight is 714 g/mol. The molecule has 5 aliphatic rings. The van der Waals surface area contributed by atoms with Crippen LogP contribution in [0.3, 0.4) is 0 Å². The van der Waals surface area contributed by atoms with Crippen molar-refractivity contribution in [3.8, 4) is 39.8 Å². The molecule has 5 atom stereocenters. The first-order chi connectivity index (χ1) is 23.7. The number of H-pyrrole nitrogens is 1. The van der Waals surface area contributed by atoms with E-state index in [2.05, 4.69) is 15.6 Å². The van der Waals surface area contributed by atoms with Crippen LogP contribution >= 0.6 is 34.8 Å². The van der Waals surface area contributed by atoms with Gasteiger partial charge in [-0.25, -0.2) is 4.98 Å². The quantitative estimate of drug-likeness (QED) is 0.141. The molecule has 3 aromatic heterocycles. The first kappa shape index (κ1) is 29.4. The Morgan fingerprint density at radius 2 is 1.90 bits per heavy atom. The van der Waals surface area contributed by atoms with Crippen molar-refractivity contribution in [1.29, 1.82) is 0 Å². The van der Waals surface area contributed by atoms with Gasteiger partial charge in [-0.05, 0) is 47.7 Å². The van der Waals surface area contributed by atoms with Gasteiger partial charge in [0.1, 0.15) is 22.4 Å². The van der Waals surface area contributed by atoms with Gasteiger partial charge < -0.3 is 34.9 Å². The Hall–Kier alpha value is -4.48. The van der Waals surface area contributed by atoms with Crippen molar-refractivity contribution in [2.45, 2.75) is 50.4 Å². The molecule has 0 fully saturated rings. The number of benzene rings is 3. The standard InChI is InChI=1S/C36H27Cl3N6O4/c1-3-13(2)26-33-44-27-29(49-33)36-17-12-19(37)16(15-5-4-6-21-24(15)25(30(38)41-21)28-31(39)45-34(27)48-28)11-22(17)42-35(36)47-23-8-7-14(9-18(23)36)10-20(40)32(46)43-26/h4-9,11-13,20,26,35,41-42H,3,10,40H2,1-2H3,(H,43,46). The van der Waals surface area contributed by atoms with Gasteiger partial charge in [-0.3, -0.25) is 4.79 Å². The monoisotopic (exact) mass is 712 g/mol. The van der Waals surface area contributed by atoms with Crippen LogP contribution in [0.1, 0.15) is 54.7 Å². The molecule has 1 spiro atoms. The summed E-state index contributed by atoms with van der Waals surface area (Å²) in [5.41, 5.74) is 12.0. The second-order valence-electron chi connectivity index (χ2n) is 13.3. The number of anilines is 1. The molecule has 10 nitrogen and oxygen atoms in total. The molecule has 49 heavy (non-hydrogen) atoms. The van der Waals surface area contributed by atoms with Gasteiger partial charge in [-0.2, -0.15) is 4.98 Å². The number of aromatic nitrogens is 3. The molecule has 6 aromatic rings. The summed E-state index contributed by atoms with van der Waals surface area (Å²) < 4.78 is 20.3. The third kappa shape index (κ3) is 3.80. The van der Waals surface area contributed by atoms with Crippen molar-refractivity contribution in [2.75, 3.05) is 5.32 Å². The number of amides is 1. The molecule has 5 aliphatic heterocycles. The zero-order chi connectivity index (χ0) is 33.5. The first-order valence-electron chi connectivity index (χ1n) is 16.1. The van der Waals surface area contributed by atoms with Gasteiger partial charge >= 0.3 is 0 Å². The highest BCUT2D eigenvalue weighted by molar-refractivity contribution is 6.38. The van der Waals surface area contributed by atoms with Crippen molar-refractivity contribution < 1.29 is 18.4 Å². The molecule has 10 bridgehead atoms. The van der Waals surface area contributed by atoms with E-state index in [-0.39, 0.29) is 34.5 Å². The topological polar surface area (TPSA) is 144 Å². The van der Waals surface area contributed by atoms with Crippen molar-refractivity contribution in [3.05, 3.63) is 92.2 Å². The number of carbonyl (C=O) groups is 1. The minimum absolute atomic E-state index is 0.0660. The summed E-state index contributed by atoms with van der Waals surface area (Å²) >= 11 is 21.1. The third-order valence-corrected chi connectivity index (χ3v) is 11.4. The van der Waals surface area contributed by atoms with Gasteiger partial charge in [-0.15, -0.1) is 0 Å². The smallest absolute Gasteiger partial charge is 0.250 e. The Labute approximate surface area is 294 Å². The molecular formula is C36H27Cl3N6O4. The van der Waals surface area contributed by atoms with Crippen molar-refractivity contribution in [1.82, 2.24) is 20.3 Å². The lowest BCUT2D eigenvalue weighted by atomic mass is 9.72. The number of halogens is 3. The summed E-state index contributed by atoms with van der Waals surface area (Å²) in [6.45, 7) is 4.07. The number of hydrogen-bond donors (Lipinski definition) is 4. The van der Waals surface area contributed by atoms with Crippen LogP contribution in [-0.2, 0) is 16.6 Å². The number of hydrogen-bond acceptors (Lipinski definition) is 8. The fourth-order valence-corrected chi connectivity index (χ4v) is 8.77. The molecule has 5 N–H and O–H groups in total. The highest BCUT2D eigenvalue weighted by Gasteiger charge is 2.61. The average Bonchev–Trinajstić information content (AvgIpc) is 3.88. The van der Waals surface area contributed by atoms with Crippen molar-refractivity contribution in [3.63, 3.8) is 0 Å². The van der Waals surface area contributed by atoms with Crippen LogP contribution < -0.4 is 21.1 Å². The van der Waals surface area contributed by atoms with E-state index in [9.17, 15) is 4.79 Å². The predicted octanol–water partition coefficient (Wildman–Crippen LogP) is 7.98. The number of carbonyl (C=O) groups excluding carboxylic acids is 1. The van der Waals surface area contributed by atoms with Gasteiger partial charge in [0.05, 0.1) is 11.6 Å². The van der Waals surface area contributed by atoms with Crippen LogP contribution in [-0.4, -0.2) is 33.1 Å². The zero-order valence-electron chi connectivity index (χ0n) is 26.1. The van der Waals surface area contributed by atoms with Crippen LogP contribution in [0, 0.1) is 5.92 Å². The molecule has 1 amide bonds. The molecule has 11 rings (SSSR count). The van der Waals surface area contributed by atoms with Crippen LogP contribution in [0.5, 0.6) is 5.75 Å². The Morgan fingerprint density at radius 1 is 1.04 bits per heavy atom. The summed E-state index contributed by atoms with van der Waals surface area (Å²) in [4.78, 5) is 26.6. The molecule has 0 saturated heterocycles. The number of fused-ring (bicyclic) bond motifs is 3. The normalized spacial score (nSPS) is 23.2. The number of oxazole rings is 2. The summed E-state index contributed by atoms with van der Waals surface area (Å²) in [5, 5.41) is 8.50. The van der Waals surface area contributed by atoms with E-state index in [1.807, 2.05) is 62.4 Å². The lowest BCUT2D eigenvalue weighted by Crippen LogP contribution is -2.45. The molecular weight excluding hydrogens is 687 g/mol. The minimum Gasteiger partial charge on any atom is -0.469 e. The maximum atomic E-state index is 13.6. The fraction of sp³-hybridized carbons (Fsp3) is 0.250. The molecule has 246 valence electrons. The zero-order valence-corrected chi connectivity index (χ0v) is 28.3. The number of nitrogens with zero attached hydrogens (tertiary/aromatic N) is 2. The van der Waals surface area contributed by atoms with Gasteiger partial charge in [0.2, 0.25) is 11.8 Å². The lowest BCUT2D eigenvalue weighted by molar-refractivity contribution is -0.123. The summed E-state index contributed by atoms with van der Waals surface area (Å²) in [6.07, 6.45) is 0.383. The Balaban J connectivity index is 1.39. The Bertz CT molecular complexity index is 2430. The van der Waals surface area contributed by atoms with Crippen LogP contribution in [0.4, 0.5) is 5.69 Å². The summed E-state index contributed by atoms with van der Waals surface area (Å²) in [6, 6.07) is 14.3. The maximum Gasteiger partial charge on any atom is 0.250 e. The number of ether oxygens (including phenoxy) is 1. The van der Waals surface area contributed by atoms with Crippen LogP contribution in [0.25, 0.3) is 44.9 Å². The molecule has 8 heterocycles. The molecule has 0 saturated carbocycles. The molecule has 3 aromatic carbocycles. The first-order valence-corrected chi connectivity index (χ1v) is 17.3. The number of rotatable bonds is 2. The van der Waals surface area contributed by atoms with E-state index < -0.39 is 23.7 Å².